The predicted molar refractivity (Wildman–Crippen MR) is 91.2 cm³/mol. The molecule has 1 unspecified atom stereocenters. The lowest BCUT2D eigenvalue weighted by atomic mass is 10.0. The van der Waals surface area contributed by atoms with Gasteiger partial charge in [-0.3, -0.25) is 0 Å². The Morgan fingerprint density at radius 3 is 2.73 bits per heavy atom. The minimum absolute atomic E-state index is 0.0451. The van der Waals surface area contributed by atoms with Gasteiger partial charge in [-0.2, -0.15) is 0 Å². The number of carbonyl (C=O) groups excluding carboxylic acids is 1. The summed E-state index contributed by atoms with van der Waals surface area (Å²) in [6.07, 6.45) is 1.73. The fourth-order valence-corrected chi connectivity index (χ4v) is 3.01. The Kier molecular flexibility index (Phi) is 6.21. The number of urea groups is 1. The molecule has 0 spiro atoms. The highest BCUT2D eigenvalue weighted by atomic mass is 32.1. The maximum Gasteiger partial charge on any atom is 0.315 e. The highest BCUT2D eigenvalue weighted by molar-refractivity contribution is 7.10. The molecule has 0 aliphatic rings. The first-order chi connectivity index (χ1) is 10.7. The quantitative estimate of drug-likeness (QED) is 0.687. The molecule has 0 fully saturated rings. The van der Waals surface area contributed by atoms with Gasteiger partial charge in [-0.05, 0) is 29.5 Å². The third-order valence-corrected chi connectivity index (χ3v) is 4.14. The van der Waals surface area contributed by atoms with E-state index in [1.54, 1.807) is 17.5 Å². The van der Waals surface area contributed by atoms with Crippen LogP contribution in [0.15, 0.2) is 41.9 Å². The summed E-state index contributed by atoms with van der Waals surface area (Å²) in [4.78, 5) is 17.3. The van der Waals surface area contributed by atoms with E-state index in [-0.39, 0.29) is 12.1 Å². The number of rotatable bonds is 7. The number of hydrogen-bond acceptors (Lipinski definition) is 4. The van der Waals surface area contributed by atoms with E-state index in [4.69, 9.17) is 0 Å². The molecule has 2 aromatic heterocycles. The van der Waals surface area contributed by atoms with Crippen molar-refractivity contribution in [3.63, 3.8) is 0 Å². The number of nitrogens with one attached hydrogen (secondary N) is 3. The van der Waals surface area contributed by atoms with Gasteiger partial charge in [-0.25, -0.2) is 9.78 Å². The van der Waals surface area contributed by atoms with E-state index in [0.717, 1.165) is 5.82 Å². The van der Waals surface area contributed by atoms with Crippen LogP contribution in [0.4, 0.5) is 10.6 Å². The monoisotopic (exact) mass is 318 g/mol. The molecule has 0 saturated carbocycles. The molecule has 2 heterocycles. The molecule has 0 aliphatic carbocycles. The third kappa shape index (κ3) is 5.04. The van der Waals surface area contributed by atoms with Gasteiger partial charge in [-0.15, -0.1) is 11.3 Å². The Morgan fingerprint density at radius 1 is 1.23 bits per heavy atom. The molecule has 5 nitrogen and oxygen atoms in total. The molecule has 1 atom stereocenters. The number of carbonyl (C=O) groups is 1. The van der Waals surface area contributed by atoms with E-state index in [1.165, 1.54) is 4.88 Å². The number of nitrogens with zero attached hydrogens (tertiary/aromatic N) is 1. The summed E-state index contributed by atoms with van der Waals surface area (Å²) in [5.41, 5.74) is 0. The molecule has 2 amide bonds. The molecule has 0 aromatic carbocycles. The largest absolute Gasteiger partial charge is 0.368 e. The maximum atomic E-state index is 12.0. The van der Waals surface area contributed by atoms with Crippen LogP contribution in [0.3, 0.4) is 0 Å². The number of thiophene rings is 1. The van der Waals surface area contributed by atoms with Crippen LogP contribution in [-0.4, -0.2) is 24.1 Å². The van der Waals surface area contributed by atoms with Crippen molar-refractivity contribution in [1.82, 2.24) is 15.6 Å². The molecule has 0 aliphatic heterocycles. The van der Waals surface area contributed by atoms with E-state index in [0.29, 0.717) is 19.0 Å². The summed E-state index contributed by atoms with van der Waals surface area (Å²) < 4.78 is 0. The predicted octanol–water partition coefficient (Wildman–Crippen LogP) is 3.25. The highest BCUT2D eigenvalue weighted by Gasteiger charge is 2.18. The van der Waals surface area contributed by atoms with Crippen LogP contribution < -0.4 is 16.0 Å². The van der Waals surface area contributed by atoms with Crippen molar-refractivity contribution in [2.24, 2.45) is 5.92 Å². The Bertz CT molecular complexity index is 557. The van der Waals surface area contributed by atoms with Gasteiger partial charge in [0.2, 0.25) is 0 Å². The van der Waals surface area contributed by atoms with E-state index >= 15 is 0 Å². The van der Waals surface area contributed by atoms with Gasteiger partial charge in [0, 0.05) is 24.2 Å². The average Bonchev–Trinajstić information content (AvgIpc) is 3.04. The lowest BCUT2D eigenvalue weighted by Gasteiger charge is -2.21. The van der Waals surface area contributed by atoms with Crippen LogP contribution in [0, 0.1) is 5.92 Å². The van der Waals surface area contributed by atoms with Crippen molar-refractivity contribution in [3.8, 4) is 0 Å². The minimum Gasteiger partial charge on any atom is -0.368 e. The van der Waals surface area contributed by atoms with Gasteiger partial charge in [0.15, 0.2) is 0 Å². The Hall–Kier alpha value is -2.08. The van der Waals surface area contributed by atoms with Crippen LogP contribution in [0.25, 0.3) is 0 Å². The number of pyridine rings is 1. The number of amides is 2. The van der Waals surface area contributed by atoms with Gasteiger partial charge in [-0.1, -0.05) is 26.0 Å². The Labute approximate surface area is 135 Å². The number of hydrogen-bond donors (Lipinski definition) is 3. The van der Waals surface area contributed by atoms with Gasteiger partial charge < -0.3 is 16.0 Å². The first-order valence-corrected chi connectivity index (χ1v) is 8.27. The summed E-state index contributed by atoms with van der Waals surface area (Å²) in [5, 5.41) is 11.1. The summed E-state index contributed by atoms with van der Waals surface area (Å²) in [5.74, 6) is 1.15. The fourth-order valence-electron chi connectivity index (χ4n) is 2.06. The van der Waals surface area contributed by atoms with Gasteiger partial charge in [0.1, 0.15) is 5.82 Å². The molecule has 2 rings (SSSR count). The van der Waals surface area contributed by atoms with E-state index in [2.05, 4.69) is 40.8 Å². The van der Waals surface area contributed by atoms with Gasteiger partial charge >= 0.3 is 6.03 Å². The van der Waals surface area contributed by atoms with Crippen molar-refractivity contribution in [2.75, 3.05) is 18.4 Å². The maximum absolute atomic E-state index is 12.0. The van der Waals surface area contributed by atoms with E-state index in [1.807, 2.05) is 29.6 Å². The first-order valence-electron chi connectivity index (χ1n) is 7.39. The summed E-state index contributed by atoms with van der Waals surface area (Å²) in [6.45, 7) is 5.38. The minimum atomic E-state index is -0.144. The molecule has 0 radical (unpaired) electrons. The highest BCUT2D eigenvalue weighted by Crippen LogP contribution is 2.25. The first kappa shape index (κ1) is 16.3. The van der Waals surface area contributed by atoms with Crippen molar-refractivity contribution in [2.45, 2.75) is 19.9 Å². The fraction of sp³-hybridized carbons (Fsp3) is 0.375. The Morgan fingerprint density at radius 2 is 2.09 bits per heavy atom. The molecule has 0 bridgehead atoms. The van der Waals surface area contributed by atoms with Crippen molar-refractivity contribution >= 4 is 23.2 Å². The molecule has 3 N–H and O–H groups in total. The lowest BCUT2D eigenvalue weighted by Crippen LogP contribution is -2.41. The molecule has 118 valence electrons. The number of anilines is 1. The SMILES string of the molecule is CC(C)C(NC(=O)NCCNc1ccccn1)c1cccs1. The zero-order valence-electron chi connectivity index (χ0n) is 12.9. The zero-order chi connectivity index (χ0) is 15.8. The molecule has 22 heavy (non-hydrogen) atoms. The summed E-state index contributed by atoms with van der Waals surface area (Å²) >= 11 is 1.66. The van der Waals surface area contributed by atoms with E-state index in [9.17, 15) is 4.79 Å². The molecule has 6 heteroatoms. The summed E-state index contributed by atoms with van der Waals surface area (Å²) in [7, 11) is 0. The van der Waals surface area contributed by atoms with E-state index < -0.39 is 0 Å². The second-order valence-corrected chi connectivity index (χ2v) is 6.26. The van der Waals surface area contributed by atoms with Crippen molar-refractivity contribution in [1.29, 1.82) is 0 Å². The third-order valence-electron chi connectivity index (χ3n) is 3.18. The topological polar surface area (TPSA) is 66.1 Å². The van der Waals surface area contributed by atoms with Gasteiger partial charge in [0.25, 0.3) is 0 Å². The smallest absolute Gasteiger partial charge is 0.315 e. The van der Waals surface area contributed by atoms with Crippen LogP contribution in [0.1, 0.15) is 24.8 Å². The van der Waals surface area contributed by atoms with Crippen molar-refractivity contribution in [3.05, 3.63) is 46.8 Å². The lowest BCUT2D eigenvalue weighted by molar-refractivity contribution is 0.234. The second kappa shape index (κ2) is 8.38. The van der Waals surface area contributed by atoms with Gasteiger partial charge in [0.05, 0.1) is 6.04 Å². The van der Waals surface area contributed by atoms with Crippen LogP contribution >= 0.6 is 11.3 Å². The van der Waals surface area contributed by atoms with Crippen LogP contribution in [0.2, 0.25) is 0 Å². The molecule has 0 saturated heterocycles. The van der Waals surface area contributed by atoms with Crippen LogP contribution in [-0.2, 0) is 0 Å². The molecule has 2 aromatic rings. The zero-order valence-corrected chi connectivity index (χ0v) is 13.7. The average molecular weight is 318 g/mol. The standard InChI is InChI=1S/C16H22N4OS/c1-12(2)15(13-6-5-11-22-13)20-16(21)19-10-9-18-14-7-3-4-8-17-14/h3-8,11-12,15H,9-10H2,1-2H3,(H,17,18)(H2,19,20,21). The molecular weight excluding hydrogens is 296 g/mol. The molecular formula is C16H22N4OS. The normalized spacial score (nSPS) is 12.0. The number of aromatic nitrogens is 1. The van der Waals surface area contributed by atoms with Crippen molar-refractivity contribution < 1.29 is 4.79 Å². The summed E-state index contributed by atoms with van der Waals surface area (Å²) in [6, 6.07) is 9.64. The Balaban J connectivity index is 1.73. The van der Waals surface area contributed by atoms with Crippen LogP contribution in [0.5, 0.6) is 0 Å². The second-order valence-electron chi connectivity index (χ2n) is 5.28.